The minimum atomic E-state index is -0.364. The van der Waals surface area contributed by atoms with Gasteiger partial charge in [0.1, 0.15) is 0 Å². The maximum absolute atomic E-state index is 9.21. The van der Waals surface area contributed by atoms with Crippen molar-refractivity contribution in [1.82, 2.24) is 0 Å². The number of rotatable bonds is 6. The van der Waals surface area contributed by atoms with E-state index in [1.807, 2.05) is 0 Å². The molecule has 0 fully saturated rings. The first-order valence-electron chi connectivity index (χ1n) is 4.13. The van der Waals surface area contributed by atoms with Crippen LogP contribution in [0, 0.1) is 0 Å². The van der Waals surface area contributed by atoms with E-state index in [-0.39, 0.29) is 18.8 Å². The zero-order chi connectivity index (χ0) is 8.69. The summed E-state index contributed by atoms with van der Waals surface area (Å²) in [6.07, 6.45) is 1.82. The summed E-state index contributed by atoms with van der Waals surface area (Å²) in [6, 6.07) is 0. The van der Waals surface area contributed by atoms with Crippen LogP contribution in [-0.2, 0) is 0 Å². The normalized spacial score (nSPS) is 16.4. The maximum Gasteiger partial charge on any atom is 0.0542 e. The van der Waals surface area contributed by atoms with E-state index in [4.69, 9.17) is 10.2 Å². The molecule has 0 aliphatic heterocycles. The molecule has 0 rings (SSSR count). The first kappa shape index (κ1) is 10.9. The van der Waals surface area contributed by atoms with Crippen molar-refractivity contribution >= 4 is 0 Å². The van der Waals surface area contributed by atoms with Gasteiger partial charge in [-0.25, -0.2) is 0 Å². The lowest BCUT2D eigenvalue weighted by molar-refractivity contribution is 0.110. The minimum Gasteiger partial charge on any atom is -0.396 e. The van der Waals surface area contributed by atoms with Crippen LogP contribution in [-0.4, -0.2) is 34.1 Å². The fourth-order valence-electron chi connectivity index (χ4n) is 0.905. The Morgan fingerprint density at radius 2 is 1.73 bits per heavy atom. The van der Waals surface area contributed by atoms with Crippen LogP contribution in [0.2, 0.25) is 0 Å². The molecule has 0 heterocycles. The van der Waals surface area contributed by atoms with E-state index in [1.165, 1.54) is 0 Å². The molecular formula is C8H18O3. The number of hydrogen-bond donors (Lipinski definition) is 3. The molecule has 0 bridgehead atoms. The molecule has 0 saturated heterocycles. The number of aliphatic hydroxyl groups is 3. The van der Waals surface area contributed by atoms with Crippen LogP contribution >= 0.6 is 0 Å². The van der Waals surface area contributed by atoms with E-state index in [9.17, 15) is 5.11 Å². The molecule has 0 aromatic carbocycles. The zero-order valence-electron chi connectivity index (χ0n) is 7.03. The van der Waals surface area contributed by atoms with Crippen molar-refractivity contribution in [2.24, 2.45) is 0 Å². The van der Waals surface area contributed by atoms with E-state index in [0.29, 0.717) is 25.7 Å². The van der Waals surface area contributed by atoms with Crippen LogP contribution in [0.15, 0.2) is 0 Å². The minimum absolute atomic E-state index is 0.131. The van der Waals surface area contributed by atoms with Gasteiger partial charge >= 0.3 is 0 Å². The van der Waals surface area contributed by atoms with Gasteiger partial charge in [-0.15, -0.1) is 0 Å². The van der Waals surface area contributed by atoms with Crippen LogP contribution in [0.1, 0.15) is 32.6 Å². The molecule has 0 aliphatic rings. The van der Waals surface area contributed by atoms with Gasteiger partial charge in [-0.05, 0) is 32.6 Å². The average Bonchev–Trinajstić information content (AvgIpc) is 1.97. The molecule has 3 nitrogen and oxygen atoms in total. The van der Waals surface area contributed by atoms with Crippen LogP contribution in [0.25, 0.3) is 0 Å². The van der Waals surface area contributed by atoms with Crippen LogP contribution in [0.5, 0.6) is 0 Å². The quantitative estimate of drug-likeness (QED) is 0.525. The molecule has 0 saturated carbocycles. The van der Waals surface area contributed by atoms with Gasteiger partial charge in [0.05, 0.1) is 12.2 Å². The molecule has 0 amide bonds. The molecule has 2 atom stereocenters. The van der Waals surface area contributed by atoms with E-state index in [0.717, 1.165) is 0 Å². The SMILES string of the molecule is C[C@@H](O)CC[C@H](O)CCCO. The largest absolute Gasteiger partial charge is 0.396 e. The summed E-state index contributed by atoms with van der Waals surface area (Å²) in [5.41, 5.74) is 0. The van der Waals surface area contributed by atoms with E-state index < -0.39 is 0 Å². The van der Waals surface area contributed by atoms with E-state index in [2.05, 4.69) is 0 Å². The monoisotopic (exact) mass is 162 g/mol. The van der Waals surface area contributed by atoms with Gasteiger partial charge in [-0.2, -0.15) is 0 Å². The molecule has 3 N–H and O–H groups in total. The second kappa shape index (κ2) is 6.58. The molecule has 11 heavy (non-hydrogen) atoms. The number of hydrogen-bond acceptors (Lipinski definition) is 3. The van der Waals surface area contributed by atoms with Gasteiger partial charge in [0.2, 0.25) is 0 Å². The Morgan fingerprint density at radius 3 is 2.18 bits per heavy atom. The topological polar surface area (TPSA) is 60.7 Å². The Balaban J connectivity index is 3.15. The van der Waals surface area contributed by atoms with E-state index >= 15 is 0 Å². The summed E-state index contributed by atoms with van der Waals surface area (Å²) in [7, 11) is 0. The fourth-order valence-corrected chi connectivity index (χ4v) is 0.905. The van der Waals surface area contributed by atoms with Crippen LogP contribution in [0.3, 0.4) is 0 Å². The molecule has 3 heteroatoms. The molecule has 0 aromatic rings. The van der Waals surface area contributed by atoms with Crippen molar-refractivity contribution in [2.45, 2.75) is 44.8 Å². The molecule has 68 valence electrons. The van der Waals surface area contributed by atoms with Crippen LogP contribution < -0.4 is 0 Å². The Morgan fingerprint density at radius 1 is 1.09 bits per heavy atom. The van der Waals surface area contributed by atoms with Gasteiger partial charge in [0.15, 0.2) is 0 Å². The summed E-state index contributed by atoms with van der Waals surface area (Å²) in [6.45, 7) is 1.84. The first-order chi connectivity index (χ1) is 5.16. The predicted molar refractivity (Wildman–Crippen MR) is 43.2 cm³/mol. The molecule has 0 aliphatic carbocycles. The van der Waals surface area contributed by atoms with Gasteiger partial charge in [-0.1, -0.05) is 0 Å². The second-order valence-electron chi connectivity index (χ2n) is 2.95. The molecule has 0 aromatic heterocycles. The Kier molecular flexibility index (Phi) is 6.51. The lowest BCUT2D eigenvalue weighted by Crippen LogP contribution is -2.11. The highest BCUT2D eigenvalue weighted by Gasteiger charge is 2.04. The van der Waals surface area contributed by atoms with Gasteiger partial charge in [0.25, 0.3) is 0 Å². The van der Waals surface area contributed by atoms with Crippen molar-refractivity contribution in [3.8, 4) is 0 Å². The lowest BCUT2D eigenvalue weighted by Gasteiger charge is -2.10. The first-order valence-corrected chi connectivity index (χ1v) is 4.13. The standard InChI is InChI=1S/C8H18O3/c1-7(10)4-5-8(11)3-2-6-9/h7-11H,2-6H2,1H3/t7-,8-/m1/s1. The maximum atomic E-state index is 9.21. The third-order valence-electron chi connectivity index (χ3n) is 1.61. The van der Waals surface area contributed by atoms with Crippen molar-refractivity contribution in [3.63, 3.8) is 0 Å². The van der Waals surface area contributed by atoms with Crippen LogP contribution in [0.4, 0.5) is 0 Å². The molecular weight excluding hydrogens is 144 g/mol. The highest BCUT2D eigenvalue weighted by molar-refractivity contribution is 4.57. The smallest absolute Gasteiger partial charge is 0.0542 e. The van der Waals surface area contributed by atoms with Gasteiger partial charge in [0, 0.05) is 6.61 Å². The number of aliphatic hydroxyl groups excluding tert-OH is 3. The summed E-state index contributed by atoms with van der Waals surface area (Å²) in [4.78, 5) is 0. The van der Waals surface area contributed by atoms with Crippen molar-refractivity contribution in [1.29, 1.82) is 0 Å². The molecule has 0 radical (unpaired) electrons. The molecule has 0 spiro atoms. The third-order valence-corrected chi connectivity index (χ3v) is 1.61. The summed E-state index contributed by atoms with van der Waals surface area (Å²) >= 11 is 0. The van der Waals surface area contributed by atoms with Crippen molar-refractivity contribution in [2.75, 3.05) is 6.61 Å². The summed E-state index contributed by atoms with van der Waals surface area (Å²) in [5, 5.41) is 26.5. The van der Waals surface area contributed by atoms with E-state index in [1.54, 1.807) is 6.92 Å². The van der Waals surface area contributed by atoms with Crippen molar-refractivity contribution in [3.05, 3.63) is 0 Å². The molecule has 0 unspecified atom stereocenters. The average molecular weight is 162 g/mol. The van der Waals surface area contributed by atoms with Gasteiger partial charge < -0.3 is 15.3 Å². The Labute approximate surface area is 67.7 Å². The highest BCUT2D eigenvalue weighted by atomic mass is 16.3. The predicted octanol–water partition coefficient (Wildman–Crippen LogP) is 0.281. The van der Waals surface area contributed by atoms with Gasteiger partial charge in [-0.3, -0.25) is 0 Å². The van der Waals surface area contributed by atoms with Crippen molar-refractivity contribution < 1.29 is 15.3 Å². The zero-order valence-corrected chi connectivity index (χ0v) is 7.03. The second-order valence-corrected chi connectivity index (χ2v) is 2.95. The lowest BCUT2D eigenvalue weighted by atomic mass is 10.1. The summed E-state index contributed by atoms with van der Waals surface area (Å²) in [5.74, 6) is 0. The Bertz CT molecular complexity index is 83.4. The third kappa shape index (κ3) is 7.78. The highest BCUT2D eigenvalue weighted by Crippen LogP contribution is 2.06. The summed E-state index contributed by atoms with van der Waals surface area (Å²) < 4.78 is 0. The Hall–Kier alpha value is -0.120. The fraction of sp³-hybridized carbons (Fsp3) is 1.00.